The van der Waals surface area contributed by atoms with Crippen molar-refractivity contribution in [3.8, 4) is 63.2 Å². The first-order chi connectivity index (χ1) is 61.0. The van der Waals surface area contributed by atoms with Gasteiger partial charge in [-0.25, -0.2) is 57.5 Å². The molecule has 11 aromatic carbocycles. The van der Waals surface area contributed by atoms with Crippen LogP contribution in [0.1, 0.15) is 220 Å². The topological polar surface area (TPSA) is 728 Å². The fourth-order valence-electron chi connectivity index (χ4n) is 15.5. The molecule has 0 saturated carbocycles. The molecule has 0 aliphatic heterocycles. The normalized spacial score (nSPS) is 13.0. The number of hydrogen-bond donors (Lipinski definition) is 25. The Labute approximate surface area is 724 Å². The lowest BCUT2D eigenvalue weighted by Gasteiger charge is -2.33. The van der Waals surface area contributed by atoms with Gasteiger partial charge in [0, 0.05) is 35.4 Å². The van der Waals surface area contributed by atoms with Crippen molar-refractivity contribution >= 4 is 83.0 Å². The number of phenols is 11. The number of carbonyl (C=O) groups is 13. The number of carboxylic acid groups (broad SMARTS) is 12. The zero-order valence-corrected chi connectivity index (χ0v) is 65.9. The van der Waals surface area contributed by atoms with Crippen LogP contribution in [0, 0.1) is 6.92 Å². The Balaban J connectivity index is 1.08. The van der Waals surface area contributed by atoms with Crippen LogP contribution in [0.2, 0.25) is 0 Å². The molecule has 0 fully saturated rings. The van der Waals surface area contributed by atoms with Crippen LogP contribution in [-0.4, -0.2) is 205 Å². The number of hydrogen-bond acceptors (Lipinski definition) is 26. The summed E-state index contributed by atoms with van der Waals surface area (Å²) < 4.78 is 0. The van der Waals surface area contributed by atoms with Crippen LogP contribution >= 0.6 is 0 Å². The fourth-order valence-corrected chi connectivity index (χ4v) is 15.5. The van der Waals surface area contributed by atoms with Crippen LogP contribution in [0.5, 0.6) is 63.2 Å². The third kappa shape index (κ3) is 16.7. The molecule has 0 bridgehead atoms. The number of carboxylic acids is 12. The highest BCUT2D eigenvalue weighted by Gasteiger charge is 2.44. The molecule has 12 rings (SSSR count). The zero-order chi connectivity index (χ0) is 95.5. The van der Waals surface area contributed by atoms with E-state index in [4.69, 9.17) is 0 Å². The molecule has 0 saturated heterocycles. The molecule has 0 amide bonds. The Morgan fingerprint density at radius 1 is 0.292 bits per heavy atom. The van der Waals surface area contributed by atoms with Crippen LogP contribution in [0.25, 0.3) is 5.57 Å². The van der Waals surface area contributed by atoms with Gasteiger partial charge in [-0.05, 0) is 241 Å². The Hall–Kier alpha value is -18.3. The minimum Gasteiger partial charge on any atom is -0.507 e. The molecule has 0 spiro atoms. The van der Waals surface area contributed by atoms with E-state index in [0.717, 1.165) is 140 Å². The van der Waals surface area contributed by atoms with E-state index >= 15 is 0 Å². The van der Waals surface area contributed by atoms with Crippen molar-refractivity contribution in [1.82, 2.24) is 0 Å². The van der Waals surface area contributed by atoms with E-state index in [-0.39, 0.29) is 16.7 Å². The molecule has 0 heterocycles. The molecule has 0 radical (unpaired) electrons. The van der Waals surface area contributed by atoms with E-state index in [9.17, 15) is 190 Å². The molecule has 2 atom stereocenters. The van der Waals surface area contributed by atoms with Crippen molar-refractivity contribution in [1.29, 1.82) is 0 Å². The van der Waals surface area contributed by atoms with Crippen molar-refractivity contribution in [3.05, 3.63) is 348 Å². The summed E-state index contributed by atoms with van der Waals surface area (Å²) in [6.07, 6.45) is -0.467. The predicted octanol–water partition coefficient (Wildman–Crippen LogP) is 9.91. The molecule has 1 aliphatic carbocycles. The van der Waals surface area contributed by atoms with E-state index in [0.29, 0.717) is 42.5 Å². The lowest BCUT2D eigenvalue weighted by Crippen LogP contribution is -2.31. The van der Waals surface area contributed by atoms with Gasteiger partial charge in [-0.1, -0.05) is 42.5 Å². The van der Waals surface area contributed by atoms with Crippen LogP contribution in [-0.2, 0) is 40.1 Å². The molecule has 38 nitrogen and oxygen atoms in total. The molecule has 25 N–H and O–H groups in total. The summed E-state index contributed by atoms with van der Waals surface area (Å²) >= 11 is 0. The molecule has 2 unspecified atom stereocenters. The molecule has 130 heavy (non-hydrogen) atoms. The van der Waals surface area contributed by atoms with Crippen LogP contribution in [0.4, 0.5) is 0 Å². The highest BCUT2D eigenvalue weighted by atomic mass is 16.4. The van der Waals surface area contributed by atoms with E-state index in [1.54, 1.807) is 0 Å². The second-order valence-corrected chi connectivity index (χ2v) is 29.6. The highest BCUT2D eigenvalue weighted by Crippen LogP contribution is 2.51. The van der Waals surface area contributed by atoms with Crippen LogP contribution in [0.15, 0.2) is 187 Å². The maximum Gasteiger partial charge on any atom is 0.339 e. The molecular weight excluding hydrogens is 1710 g/mol. The predicted molar refractivity (Wildman–Crippen MR) is 440 cm³/mol. The van der Waals surface area contributed by atoms with E-state index in [1.165, 1.54) is 0 Å². The first kappa shape index (κ1) is 90.9. The average molecular weight is 1780 g/mol. The van der Waals surface area contributed by atoms with Gasteiger partial charge in [0.15, 0.2) is 5.78 Å². The summed E-state index contributed by atoms with van der Waals surface area (Å²) in [4.78, 5) is 170. The van der Waals surface area contributed by atoms with Gasteiger partial charge in [0.1, 0.15) is 141 Å². The number of benzene rings is 11. The molecule has 660 valence electrons. The highest BCUT2D eigenvalue weighted by molar-refractivity contribution is 6.23. The van der Waals surface area contributed by atoms with E-state index in [1.807, 2.05) is 0 Å². The summed E-state index contributed by atoms with van der Waals surface area (Å²) in [7, 11) is 0. The van der Waals surface area contributed by atoms with Gasteiger partial charge in [0.05, 0.1) is 0 Å². The van der Waals surface area contributed by atoms with Crippen molar-refractivity contribution in [2.75, 3.05) is 0 Å². The van der Waals surface area contributed by atoms with Crippen molar-refractivity contribution in [2.45, 2.75) is 43.3 Å². The fraction of sp³-hybridized carbons (Fsp3) is 0.0761. The number of carbonyl (C=O) groups excluding carboxylic acids is 1. The van der Waals surface area contributed by atoms with Gasteiger partial charge in [0.25, 0.3) is 0 Å². The maximum atomic E-state index is 14.1. The summed E-state index contributed by atoms with van der Waals surface area (Å²) in [5.41, 5.74) is -31.0. The van der Waals surface area contributed by atoms with Crippen molar-refractivity contribution in [2.24, 2.45) is 0 Å². The Bertz CT molecular complexity index is 6950. The number of aryl methyl sites for hydroxylation is 1. The monoisotopic (exact) mass is 1780 g/mol. The SMILES string of the molecule is Cc1cc(C(O)(c2cc(Cc3cc(/C(=C4/C=CC(=O)C(C(=O)O)=C4)c4ccc(O)c(C(=O)O)c4)cc(C(=O)O)c3O)c(O)c(C(=O)O)c2)c2cc(Cc3cc(C(=O)O)c(O)c(C(c4ccc(O)c(C(=O)O)c4)c4cc(Cc5cc(C(O)(c6ccc(O)c(C(=O)O)c6)c6ccc(O)c(C(=O)O)c6)cc(C(=O)O)c5O)cc(C(=O)O)c4O)c3)cc(C(=O)O)c2O)cc(C(=O)O)c1O. The zero-order valence-electron chi connectivity index (χ0n) is 65.9. The largest absolute Gasteiger partial charge is 0.507 e. The third-order valence-corrected chi connectivity index (χ3v) is 21.7. The molecule has 11 aromatic rings. The lowest BCUT2D eigenvalue weighted by molar-refractivity contribution is -0.134. The second-order valence-electron chi connectivity index (χ2n) is 29.6. The number of aliphatic hydroxyl groups is 2. The van der Waals surface area contributed by atoms with Gasteiger partial charge in [-0.15, -0.1) is 0 Å². The Kier molecular flexibility index (Phi) is 24.1. The minimum atomic E-state index is -3.54. The average Bonchev–Trinajstić information content (AvgIpc) is 0.729. The summed E-state index contributed by atoms with van der Waals surface area (Å²) in [6, 6.07) is 20.5. The first-order valence-corrected chi connectivity index (χ1v) is 37.3. The smallest absolute Gasteiger partial charge is 0.339 e. The summed E-state index contributed by atoms with van der Waals surface area (Å²) in [5, 5.41) is 282. The minimum absolute atomic E-state index is 0.252. The molecule has 1 aliphatic rings. The van der Waals surface area contributed by atoms with Gasteiger partial charge in [-0.3, -0.25) is 4.79 Å². The Morgan fingerprint density at radius 3 is 1.09 bits per heavy atom. The number of aliphatic carboxylic acids is 1. The lowest BCUT2D eigenvalue weighted by atomic mass is 9.76. The van der Waals surface area contributed by atoms with Gasteiger partial charge in [0.2, 0.25) is 0 Å². The first-order valence-electron chi connectivity index (χ1n) is 37.3. The summed E-state index contributed by atoms with van der Waals surface area (Å²) in [5.74, 6) is -38.8. The molecular formula is C92H64O38. The quantitative estimate of drug-likeness (QED) is 0.0153. The number of allylic oxidation sites excluding steroid dienone is 4. The van der Waals surface area contributed by atoms with Crippen molar-refractivity contribution < 1.29 is 190 Å². The number of ketones is 1. The number of aromatic carboxylic acids is 11. The van der Waals surface area contributed by atoms with Crippen LogP contribution in [0.3, 0.4) is 0 Å². The van der Waals surface area contributed by atoms with E-state index in [2.05, 4.69) is 0 Å². The third-order valence-electron chi connectivity index (χ3n) is 21.7. The van der Waals surface area contributed by atoms with Gasteiger partial charge in [-0.2, -0.15) is 0 Å². The maximum absolute atomic E-state index is 14.1. The number of rotatable bonds is 29. The molecule has 0 aromatic heterocycles. The van der Waals surface area contributed by atoms with Crippen molar-refractivity contribution in [3.63, 3.8) is 0 Å². The number of aromatic hydroxyl groups is 11. The Morgan fingerprint density at radius 2 is 0.638 bits per heavy atom. The summed E-state index contributed by atoms with van der Waals surface area (Å²) in [6.45, 7) is 1.07. The second kappa shape index (κ2) is 34.4. The standard InChI is InChI=1S/C92H64O38/c1-34-12-47(31-61(72(34)98)88(123)124)92(130,49-24-44(75(101)63(33-49)90(127)128)22-43-21-41(28-60(74(43)100)87(121)122)70(38-2-7-65(93)50(25-38)79(105)106)39-3-8-66(94)51(26-39)80(107)108)64-20-36(18-59(78(64)104)86(119)120)13-35-15-55(76(102)57(17-35)84(115)116)71(40-4-9-67(95)52(27-40)81(109)110)56-16-37(19-58(77(56)103)85(117)118)14-42-23-48(32-62(73(42)99)89(125)126)91(129,45-5-10-68(96)53(29-45)82(111)112)46-6-11-69(97)54(30-46)83(113)114/h2-12,15-21,23-33,71,93,95-104,129-130H,13-14,22H2,1H3,(H,105,106)(H,107,108)(H,109,110)(H,111,112)(H,113,114)(H,115,116)(H,117,118)(H,119,120)(H,121,122)(H,123,124)(H,125,126)(H,127,128)/b70-39-. The molecule has 38 heteroatoms. The van der Waals surface area contributed by atoms with Crippen LogP contribution < -0.4 is 0 Å². The van der Waals surface area contributed by atoms with Gasteiger partial charge >= 0.3 is 71.6 Å². The van der Waals surface area contributed by atoms with Gasteiger partial charge < -0.3 is 128 Å². The van der Waals surface area contributed by atoms with E-state index < -0.39 is 338 Å².